The summed E-state index contributed by atoms with van der Waals surface area (Å²) < 4.78 is 0. The molecule has 1 aromatic rings. The van der Waals surface area contributed by atoms with Crippen LogP contribution in [0.15, 0.2) is 12.2 Å². The fraction of sp³-hybridized carbons (Fsp3) is 0.583. The molecule has 0 atom stereocenters. The highest BCUT2D eigenvalue weighted by molar-refractivity contribution is 5.85. The van der Waals surface area contributed by atoms with Gasteiger partial charge in [-0.05, 0) is 56.9 Å². The van der Waals surface area contributed by atoms with Crippen molar-refractivity contribution in [2.24, 2.45) is 0 Å². The minimum Gasteiger partial charge on any atom is -0.398 e. The monoisotopic (exact) mass is 352 g/mol. The summed E-state index contributed by atoms with van der Waals surface area (Å²) in [5.74, 6) is 1.11. The van der Waals surface area contributed by atoms with Gasteiger partial charge in [0.15, 0.2) is 0 Å². The van der Waals surface area contributed by atoms with Gasteiger partial charge in [0.05, 0.1) is 0 Å². The Balaban J connectivity index is 2.21. The SMILES string of the molecule is CC=Cc1c(N)c(C2CCCCC2)c(N)c(C=CC)c1C1CCCCC1. The van der Waals surface area contributed by atoms with Gasteiger partial charge >= 0.3 is 0 Å². The van der Waals surface area contributed by atoms with Gasteiger partial charge in [-0.3, -0.25) is 0 Å². The van der Waals surface area contributed by atoms with Crippen LogP contribution in [0.3, 0.4) is 0 Å². The number of rotatable bonds is 4. The molecule has 2 saturated carbocycles. The summed E-state index contributed by atoms with van der Waals surface area (Å²) in [4.78, 5) is 0. The fourth-order valence-electron chi connectivity index (χ4n) is 5.23. The first kappa shape index (κ1) is 19.1. The molecule has 3 rings (SSSR count). The first-order valence-corrected chi connectivity index (χ1v) is 10.7. The highest BCUT2D eigenvalue weighted by atomic mass is 14.7. The summed E-state index contributed by atoms with van der Waals surface area (Å²) in [6, 6.07) is 0. The number of nitrogens with two attached hydrogens (primary N) is 2. The van der Waals surface area contributed by atoms with Crippen LogP contribution in [0.5, 0.6) is 0 Å². The molecule has 142 valence electrons. The van der Waals surface area contributed by atoms with Crippen LogP contribution in [0.1, 0.15) is 112 Å². The van der Waals surface area contributed by atoms with Crippen molar-refractivity contribution in [3.63, 3.8) is 0 Å². The van der Waals surface area contributed by atoms with Crippen molar-refractivity contribution in [1.29, 1.82) is 0 Å². The summed E-state index contributed by atoms with van der Waals surface area (Å²) in [6.07, 6.45) is 21.7. The van der Waals surface area contributed by atoms with Crippen molar-refractivity contribution >= 4 is 23.5 Å². The minimum absolute atomic E-state index is 0.525. The molecule has 4 N–H and O–H groups in total. The Morgan fingerprint density at radius 1 is 0.615 bits per heavy atom. The quantitative estimate of drug-likeness (QED) is 0.572. The average molecular weight is 353 g/mol. The van der Waals surface area contributed by atoms with Crippen LogP contribution in [-0.4, -0.2) is 0 Å². The van der Waals surface area contributed by atoms with E-state index in [-0.39, 0.29) is 0 Å². The zero-order chi connectivity index (χ0) is 18.5. The molecule has 2 fully saturated rings. The molecule has 0 radical (unpaired) electrons. The third-order valence-electron chi connectivity index (χ3n) is 6.43. The van der Waals surface area contributed by atoms with Crippen molar-refractivity contribution in [3.05, 3.63) is 34.4 Å². The molecule has 0 heterocycles. The zero-order valence-corrected chi connectivity index (χ0v) is 16.7. The summed E-state index contributed by atoms with van der Waals surface area (Å²) >= 11 is 0. The second-order valence-corrected chi connectivity index (χ2v) is 8.15. The lowest BCUT2D eigenvalue weighted by molar-refractivity contribution is 0.440. The van der Waals surface area contributed by atoms with Gasteiger partial charge in [-0.1, -0.05) is 62.8 Å². The van der Waals surface area contributed by atoms with E-state index in [9.17, 15) is 0 Å². The van der Waals surface area contributed by atoms with Gasteiger partial charge in [-0.15, -0.1) is 0 Å². The Kier molecular flexibility index (Phi) is 6.45. The van der Waals surface area contributed by atoms with E-state index in [1.807, 2.05) is 0 Å². The molecule has 2 heteroatoms. The lowest BCUT2D eigenvalue weighted by atomic mass is 9.74. The van der Waals surface area contributed by atoms with Crippen LogP contribution in [0.25, 0.3) is 12.2 Å². The van der Waals surface area contributed by atoms with Gasteiger partial charge < -0.3 is 11.5 Å². The first-order chi connectivity index (χ1) is 12.7. The molecule has 0 amide bonds. The Bertz CT molecular complexity index is 633. The van der Waals surface area contributed by atoms with Crippen molar-refractivity contribution in [2.45, 2.75) is 89.9 Å². The number of benzene rings is 1. The predicted octanol–water partition coefficient (Wildman–Crippen LogP) is 7.01. The topological polar surface area (TPSA) is 52.0 Å². The maximum atomic E-state index is 6.82. The standard InChI is InChI=1S/C24H36N2/c1-3-11-19-21(17-13-7-5-8-14-17)20(12-4-2)24(26)22(23(19)25)18-15-9-6-10-16-18/h3-4,11-12,17-18H,5-10,13-16,25-26H2,1-2H3. The smallest absolute Gasteiger partial charge is 0.0447 e. The molecule has 2 aliphatic carbocycles. The molecule has 0 aliphatic heterocycles. The van der Waals surface area contributed by atoms with Gasteiger partial charge in [0.2, 0.25) is 0 Å². The largest absolute Gasteiger partial charge is 0.398 e. The van der Waals surface area contributed by atoms with E-state index in [4.69, 9.17) is 11.5 Å². The maximum absolute atomic E-state index is 6.82. The highest BCUT2D eigenvalue weighted by Gasteiger charge is 2.29. The van der Waals surface area contributed by atoms with Gasteiger partial charge in [-0.25, -0.2) is 0 Å². The van der Waals surface area contributed by atoms with Gasteiger partial charge in [0.1, 0.15) is 0 Å². The lowest BCUT2D eigenvalue weighted by Crippen LogP contribution is -2.17. The molecule has 2 aliphatic rings. The lowest BCUT2D eigenvalue weighted by Gasteiger charge is -2.32. The van der Waals surface area contributed by atoms with Crippen LogP contribution in [0.4, 0.5) is 11.4 Å². The van der Waals surface area contributed by atoms with E-state index in [0.717, 1.165) is 11.4 Å². The third-order valence-corrected chi connectivity index (χ3v) is 6.43. The number of hydrogen-bond acceptors (Lipinski definition) is 2. The molecule has 0 saturated heterocycles. The van der Waals surface area contributed by atoms with Gasteiger partial charge in [0, 0.05) is 28.1 Å². The molecule has 0 bridgehead atoms. The van der Waals surface area contributed by atoms with E-state index in [1.165, 1.54) is 86.5 Å². The van der Waals surface area contributed by atoms with Crippen molar-refractivity contribution in [1.82, 2.24) is 0 Å². The Morgan fingerprint density at radius 3 is 1.38 bits per heavy atom. The number of allylic oxidation sites excluding steroid dienone is 2. The maximum Gasteiger partial charge on any atom is 0.0447 e. The Morgan fingerprint density at radius 2 is 1.00 bits per heavy atom. The molecule has 1 aromatic carbocycles. The summed E-state index contributed by atoms with van der Waals surface area (Å²) in [6.45, 7) is 4.19. The molecule has 2 nitrogen and oxygen atoms in total. The number of anilines is 2. The zero-order valence-electron chi connectivity index (χ0n) is 16.7. The second-order valence-electron chi connectivity index (χ2n) is 8.15. The van der Waals surface area contributed by atoms with Gasteiger partial charge in [0.25, 0.3) is 0 Å². The summed E-state index contributed by atoms with van der Waals surface area (Å²) in [5, 5.41) is 0. The van der Waals surface area contributed by atoms with Crippen molar-refractivity contribution in [2.75, 3.05) is 11.5 Å². The molecular formula is C24H36N2. The van der Waals surface area contributed by atoms with E-state index in [0.29, 0.717) is 11.8 Å². The van der Waals surface area contributed by atoms with Crippen LogP contribution < -0.4 is 11.5 Å². The van der Waals surface area contributed by atoms with Crippen molar-refractivity contribution < 1.29 is 0 Å². The van der Waals surface area contributed by atoms with Crippen LogP contribution >= 0.6 is 0 Å². The predicted molar refractivity (Wildman–Crippen MR) is 116 cm³/mol. The first-order valence-electron chi connectivity index (χ1n) is 10.7. The number of hydrogen-bond donors (Lipinski definition) is 2. The van der Waals surface area contributed by atoms with E-state index >= 15 is 0 Å². The highest BCUT2D eigenvalue weighted by Crippen LogP contribution is 2.47. The Hall–Kier alpha value is -1.70. The van der Waals surface area contributed by atoms with E-state index in [1.54, 1.807) is 0 Å². The van der Waals surface area contributed by atoms with Gasteiger partial charge in [-0.2, -0.15) is 0 Å². The molecule has 26 heavy (non-hydrogen) atoms. The van der Waals surface area contributed by atoms with E-state index in [2.05, 4.69) is 38.2 Å². The summed E-state index contributed by atoms with van der Waals surface area (Å²) in [5.41, 5.74) is 20.7. The molecular weight excluding hydrogens is 316 g/mol. The Labute approximate surface area is 159 Å². The molecule has 0 spiro atoms. The minimum atomic E-state index is 0.525. The summed E-state index contributed by atoms with van der Waals surface area (Å²) in [7, 11) is 0. The number of nitrogen functional groups attached to an aromatic ring is 2. The van der Waals surface area contributed by atoms with Crippen LogP contribution in [0, 0.1) is 0 Å². The molecule has 0 unspecified atom stereocenters. The fourth-order valence-corrected chi connectivity index (χ4v) is 5.23. The van der Waals surface area contributed by atoms with Crippen molar-refractivity contribution in [3.8, 4) is 0 Å². The second kappa shape index (κ2) is 8.79. The third kappa shape index (κ3) is 3.70. The van der Waals surface area contributed by atoms with Crippen LogP contribution in [0.2, 0.25) is 0 Å². The van der Waals surface area contributed by atoms with E-state index < -0.39 is 0 Å². The van der Waals surface area contributed by atoms with Crippen LogP contribution in [-0.2, 0) is 0 Å². The normalized spacial score (nSPS) is 20.4. The molecule has 0 aromatic heterocycles. The average Bonchev–Trinajstić information content (AvgIpc) is 2.67.